The molecule has 0 spiro atoms. The fourth-order valence-corrected chi connectivity index (χ4v) is 10.8. The Kier molecular flexibility index (Phi) is 48.5. The largest absolute Gasteiger partial charge is 0.394 e. The van der Waals surface area contributed by atoms with E-state index in [1.807, 2.05) is 6.08 Å². The summed E-state index contributed by atoms with van der Waals surface area (Å²) in [5.74, 6) is -0.256. The number of hydrogen-bond acceptors (Lipinski definition) is 13. The number of ether oxygens (including phenoxy) is 4. The fourth-order valence-electron chi connectivity index (χ4n) is 10.8. The van der Waals surface area contributed by atoms with Crippen LogP contribution in [-0.4, -0.2) is 140 Å². The molecule has 12 atom stereocenters. The number of carbonyl (C=O) groups excluding carboxylic acids is 1. The Morgan fingerprint density at radius 2 is 0.790 bits per heavy atom. The summed E-state index contributed by atoms with van der Waals surface area (Å²) in [6.45, 7) is 2.80. The topological polar surface area (TPSA) is 228 Å². The quantitative estimate of drug-likeness (QED) is 0.0204. The van der Waals surface area contributed by atoms with E-state index in [1.54, 1.807) is 6.08 Å². The van der Waals surface area contributed by atoms with Crippen LogP contribution in [0.15, 0.2) is 48.6 Å². The van der Waals surface area contributed by atoms with Crippen LogP contribution in [0.2, 0.25) is 0 Å². The van der Waals surface area contributed by atoms with Gasteiger partial charge in [-0.2, -0.15) is 0 Å². The minimum atomic E-state index is -1.79. The van der Waals surface area contributed by atoms with Crippen molar-refractivity contribution in [3.63, 3.8) is 0 Å². The van der Waals surface area contributed by atoms with Crippen molar-refractivity contribution in [1.29, 1.82) is 0 Å². The number of nitrogens with one attached hydrogen (secondary N) is 1. The van der Waals surface area contributed by atoms with Gasteiger partial charge in [-0.3, -0.25) is 4.79 Å². The van der Waals surface area contributed by atoms with E-state index in [1.165, 1.54) is 193 Å². The van der Waals surface area contributed by atoms with Gasteiger partial charge in [0.25, 0.3) is 0 Å². The van der Waals surface area contributed by atoms with Gasteiger partial charge in [-0.05, 0) is 70.6 Å². The van der Waals surface area contributed by atoms with Crippen LogP contribution in [-0.2, 0) is 23.7 Å². The Balaban J connectivity index is 1.73. The molecule has 474 valence electrons. The standard InChI is InChI=1S/C67H123NO13/c1-3-5-7-9-11-13-15-17-19-21-23-24-25-26-27-28-29-30-31-32-33-34-36-38-40-42-44-46-48-50-56(71)55(68-59(72)51-49-47-45-43-41-39-37-35-22-20-18-16-14-12-10-8-6-4-2)54-78-66-64(77)62(75)65(58(53-70)80-66)81-67-63(76)61(74)60(73)57(52-69)79-67/h20,22,33-34,40,42,48,50,55-58,60-67,69-71,73-77H,3-19,21,23-32,35-39,41,43-47,49,51-54H2,1-2H3,(H,68,72)/b22-20-,34-33+,42-40+,50-48+. The van der Waals surface area contributed by atoms with Crippen LogP contribution >= 0.6 is 0 Å². The number of amides is 1. The highest BCUT2D eigenvalue weighted by molar-refractivity contribution is 5.76. The summed E-state index contributed by atoms with van der Waals surface area (Å²) in [6, 6.07) is -0.942. The van der Waals surface area contributed by atoms with Gasteiger partial charge in [0, 0.05) is 6.42 Å². The summed E-state index contributed by atoms with van der Waals surface area (Å²) in [5, 5.41) is 87.2. The third-order valence-corrected chi connectivity index (χ3v) is 16.2. The smallest absolute Gasteiger partial charge is 0.220 e. The molecule has 0 radical (unpaired) electrons. The van der Waals surface area contributed by atoms with E-state index < -0.39 is 86.8 Å². The summed E-state index contributed by atoms with van der Waals surface area (Å²) < 4.78 is 22.8. The van der Waals surface area contributed by atoms with Gasteiger partial charge in [0.15, 0.2) is 12.6 Å². The molecular formula is C67H123NO13. The lowest BCUT2D eigenvalue weighted by molar-refractivity contribution is -0.359. The molecule has 14 nitrogen and oxygen atoms in total. The second kappa shape index (κ2) is 52.3. The van der Waals surface area contributed by atoms with Crippen molar-refractivity contribution in [1.82, 2.24) is 5.32 Å². The molecular weight excluding hydrogens is 1030 g/mol. The van der Waals surface area contributed by atoms with Crippen molar-refractivity contribution in [3.05, 3.63) is 48.6 Å². The highest BCUT2D eigenvalue weighted by Crippen LogP contribution is 2.30. The van der Waals surface area contributed by atoms with Crippen LogP contribution in [0.3, 0.4) is 0 Å². The zero-order chi connectivity index (χ0) is 58.8. The summed E-state index contributed by atoms with van der Waals surface area (Å²) in [6.07, 6.45) is 50.3. The maximum absolute atomic E-state index is 13.3. The van der Waals surface area contributed by atoms with Gasteiger partial charge in [0.1, 0.15) is 48.8 Å². The fraction of sp³-hybridized carbons (Fsp3) is 0.866. The van der Waals surface area contributed by atoms with E-state index in [-0.39, 0.29) is 18.9 Å². The van der Waals surface area contributed by atoms with Crippen molar-refractivity contribution in [2.45, 2.75) is 351 Å². The van der Waals surface area contributed by atoms with Crippen molar-refractivity contribution in [3.8, 4) is 0 Å². The van der Waals surface area contributed by atoms with E-state index in [0.717, 1.165) is 51.4 Å². The summed E-state index contributed by atoms with van der Waals surface area (Å²) in [7, 11) is 0. The Labute approximate surface area is 493 Å². The molecule has 1 amide bonds. The van der Waals surface area contributed by atoms with E-state index in [4.69, 9.17) is 18.9 Å². The lowest BCUT2D eigenvalue weighted by Gasteiger charge is -2.46. The molecule has 0 bridgehead atoms. The molecule has 0 aromatic carbocycles. The maximum atomic E-state index is 13.3. The molecule has 12 unspecified atom stereocenters. The Bertz CT molecular complexity index is 1540. The van der Waals surface area contributed by atoms with Crippen LogP contribution in [0.1, 0.15) is 277 Å². The third kappa shape index (κ3) is 37.2. The Hall–Kier alpha value is -2.05. The van der Waals surface area contributed by atoms with Crippen LogP contribution < -0.4 is 5.32 Å². The molecule has 14 heteroatoms. The van der Waals surface area contributed by atoms with Crippen molar-refractivity contribution in [2.75, 3.05) is 19.8 Å². The number of hydrogen-bond donors (Lipinski definition) is 9. The summed E-state index contributed by atoms with van der Waals surface area (Å²) in [4.78, 5) is 13.3. The van der Waals surface area contributed by atoms with Gasteiger partial charge in [-0.15, -0.1) is 0 Å². The number of aliphatic hydroxyl groups is 8. The predicted molar refractivity (Wildman–Crippen MR) is 327 cm³/mol. The van der Waals surface area contributed by atoms with E-state index in [2.05, 4.69) is 55.6 Å². The van der Waals surface area contributed by atoms with Gasteiger partial charge in [0.05, 0.1) is 32.0 Å². The molecule has 2 heterocycles. The second-order valence-corrected chi connectivity index (χ2v) is 23.6. The minimum Gasteiger partial charge on any atom is -0.394 e. The van der Waals surface area contributed by atoms with Gasteiger partial charge in [-0.1, -0.05) is 249 Å². The zero-order valence-electron chi connectivity index (χ0n) is 51.3. The molecule has 81 heavy (non-hydrogen) atoms. The molecule has 0 aliphatic carbocycles. The third-order valence-electron chi connectivity index (χ3n) is 16.2. The van der Waals surface area contributed by atoms with Crippen LogP contribution in [0, 0.1) is 0 Å². The first kappa shape index (κ1) is 75.0. The molecule has 0 aromatic rings. The van der Waals surface area contributed by atoms with Gasteiger partial charge < -0.3 is 65.1 Å². The lowest BCUT2D eigenvalue weighted by atomic mass is 9.97. The van der Waals surface area contributed by atoms with Crippen LogP contribution in [0.5, 0.6) is 0 Å². The summed E-state index contributed by atoms with van der Waals surface area (Å²) >= 11 is 0. The van der Waals surface area contributed by atoms with E-state index in [0.29, 0.717) is 12.8 Å². The van der Waals surface area contributed by atoms with E-state index >= 15 is 0 Å². The summed E-state index contributed by atoms with van der Waals surface area (Å²) in [5.41, 5.74) is 0. The number of allylic oxidation sites excluding steroid dienone is 7. The van der Waals surface area contributed by atoms with Gasteiger partial charge in [0.2, 0.25) is 5.91 Å². The van der Waals surface area contributed by atoms with E-state index in [9.17, 15) is 45.6 Å². The molecule has 2 saturated heterocycles. The molecule has 2 aliphatic heterocycles. The SMILES string of the molecule is CCCCCCCCC/C=C\CCCCCCCCCC(=O)NC(COC1OC(CO)C(OC2OC(CO)C(O)C(O)C2O)C(O)C1O)C(O)/C=C/CC/C=C/CC/C=C/CCCCCCCCCCCCCCCCCCCCC. The molecule has 2 fully saturated rings. The monoisotopic (exact) mass is 1150 g/mol. The van der Waals surface area contributed by atoms with Gasteiger partial charge >= 0.3 is 0 Å². The second-order valence-electron chi connectivity index (χ2n) is 23.6. The highest BCUT2D eigenvalue weighted by Gasteiger charge is 2.51. The average molecular weight is 1150 g/mol. The van der Waals surface area contributed by atoms with Crippen molar-refractivity contribution >= 4 is 5.91 Å². The van der Waals surface area contributed by atoms with Crippen molar-refractivity contribution < 1.29 is 64.6 Å². The number of carbonyl (C=O) groups is 1. The highest BCUT2D eigenvalue weighted by atomic mass is 16.7. The predicted octanol–water partition coefficient (Wildman–Crippen LogP) is 12.7. The number of rotatable bonds is 54. The number of aliphatic hydroxyl groups excluding tert-OH is 8. The zero-order valence-corrected chi connectivity index (χ0v) is 51.3. The first-order valence-corrected chi connectivity index (χ1v) is 33.4. The normalized spacial score (nSPS) is 24.4. The first-order chi connectivity index (χ1) is 39.6. The van der Waals surface area contributed by atoms with Gasteiger partial charge in [-0.25, -0.2) is 0 Å². The average Bonchev–Trinajstić information content (AvgIpc) is 3.62. The molecule has 0 aromatic heterocycles. The molecule has 2 rings (SSSR count). The Morgan fingerprint density at radius 3 is 1.21 bits per heavy atom. The number of unbranched alkanes of at least 4 members (excludes halogenated alkanes) is 35. The molecule has 0 saturated carbocycles. The molecule has 2 aliphatic rings. The first-order valence-electron chi connectivity index (χ1n) is 33.4. The van der Waals surface area contributed by atoms with Crippen LogP contribution in [0.25, 0.3) is 0 Å². The maximum Gasteiger partial charge on any atom is 0.220 e. The molecule has 9 N–H and O–H groups in total. The minimum absolute atomic E-state index is 0.256. The van der Waals surface area contributed by atoms with Crippen molar-refractivity contribution in [2.24, 2.45) is 0 Å². The lowest BCUT2D eigenvalue weighted by Crippen LogP contribution is -2.65. The Morgan fingerprint density at radius 1 is 0.432 bits per heavy atom. The van der Waals surface area contributed by atoms with Crippen LogP contribution in [0.4, 0.5) is 0 Å².